The molecule has 1 aromatic carbocycles. The molecule has 0 aliphatic heterocycles. The van der Waals surface area contributed by atoms with Crippen LogP contribution in [0.4, 0.5) is 5.69 Å². The third-order valence-electron chi connectivity index (χ3n) is 2.43. The van der Waals surface area contributed by atoms with Crippen molar-refractivity contribution in [3.8, 4) is 11.3 Å². The summed E-state index contributed by atoms with van der Waals surface area (Å²) in [6.07, 6.45) is 0. The van der Waals surface area contributed by atoms with Gasteiger partial charge in [0, 0.05) is 11.6 Å². The summed E-state index contributed by atoms with van der Waals surface area (Å²) in [6, 6.07) is 4.09. The van der Waals surface area contributed by atoms with Crippen molar-refractivity contribution >= 4 is 23.3 Å². The van der Waals surface area contributed by atoms with Gasteiger partial charge in [0.05, 0.1) is 11.5 Å². The molecule has 0 bridgehead atoms. The largest absolute Gasteiger partial charge is 0.461 e. The van der Waals surface area contributed by atoms with Crippen LogP contribution < -0.4 is 0 Å². The second kappa shape index (κ2) is 5.66. The van der Waals surface area contributed by atoms with E-state index in [1.165, 1.54) is 18.2 Å². The summed E-state index contributed by atoms with van der Waals surface area (Å²) >= 11 is 5.73. The van der Waals surface area contributed by atoms with E-state index in [1.54, 1.807) is 6.92 Å². The number of hydrogen-bond acceptors (Lipinski definition) is 6. The maximum atomic E-state index is 11.7. The minimum absolute atomic E-state index is 0.0000652. The number of H-pyrrole nitrogens is 1. The summed E-state index contributed by atoms with van der Waals surface area (Å²) in [7, 11) is 0. The number of aromatic amines is 1. The minimum atomic E-state index is -0.658. The number of halogens is 1. The molecule has 0 radical (unpaired) electrons. The van der Waals surface area contributed by atoms with Gasteiger partial charge in [0.2, 0.25) is 0 Å². The van der Waals surface area contributed by atoms with E-state index < -0.39 is 10.9 Å². The van der Waals surface area contributed by atoms with Crippen LogP contribution in [0.2, 0.25) is 5.02 Å². The van der Waals surface area contributed by atoms with Crippen LogP contribution in [0.5, 0.6) is 0 Å². The van der Waals surface area contributed by atoms with E-state index in [-0.39, 0.29) is 28.7 Å². The van der Waals surface area contributed by atoms with Crippen LogP contribution in [0.25, 0.3) is 11.3 Å². The van der Waals surface area contributed by atoms with Gasteiger partial charge in [-0.3, -0.25) is 10.1 Å². The lowest BCUT2D eigenvalue weighted by Gasteiger charge is -2.02. The molecule has 0 atom stereocenters. The highest BCUT2D eigenvalue weighted by Crippen LogP contribution is 2.30. The van der Waals surface area contributed by atoms with E-state index in [4.69, 9.17) is 16.3 Å². The summed E-state index contributed by atoms with van der Waals surface area (Å²) in [5.41, 5.74) is 0.201. The summed E-state index contributed by atoms with van der Waals surface area (Å²) in [5, 5.41) is 20.7. The van der Waals surface area contributed by atoms with Crippen molar-refractivity contribution in [2.45, 2.75) is 6.92 Å². The van der Waals surface area contributed by atoms with Crippen LogP contribution in [0.3, 0.4) is 0 Å². The van der Waals surface area contributed by atoms with Crippen molar-refractivity contribution in [2.75, 3.05) is 6.61 Å². The number of ether oxygens (including phenoxy) is 1. The summed E-state index contributed by atoms with van der Waals surface area (Å²) < 4.78 is 4.83. The number of aromatic nitrogens is 3. The first-order chi connectivity index (χ1) is 9.54. The van der Waals surface area contributed by atoms with Crippen molar-refractivity contribution in [1.82, 2.24) is 15.4 Å². The summed E-state index contributed by atoms with van der Waals surface area (Å²) in [5.74, 6) is -0.658. The molecule has 1 aromatic heterocycles. The molecule has 0 amide bonds. The lowest BCUT2D eigenvalue weighted by atomic mass is 10.1. The van der Waals surface area contributed by atoms with E-state index in [2.05, 4.69) is 15.4 Å². The second-order valence-electron chi connectivity index (χ2n) is 3.66. The molecule has 0 saturated carbocycles. The molecule has 0 saturated heterocycles. The molecule has 1 N–H and O–H groups in total. The van der Waals surface area contributed by atoms with E-state index in [0.29, 0.717) is 5.56 Å². The molecule has 20 heavy (non-hydrogen) atoms. The Hall–Kier alpha value is -2.48. The molecule has 2 rings (SSSR count). The Morgan fingerprint density at radius 3 is 2.90 bits per heavy atom. The van der Waals surface area contributed by atoms with Gasteiger partial charge in [-0.15, -0.1) is 5.10 Å². The van der Waals surface area contributed by atoms with Gasteiger partial charge in [-0.25, -0.2) is 4.79 Å². The van der Waals surface area contributed by atoms with Crippen molar-refractivity contribution < 1.29 is 14.5 Å². The van der Waals surface area contributed by atoms with Crippen molar-refractivity contribution in [2.24, 2.45) is 0 Å². The Morgan fingerprint density at radius 1 is 1.50 bits per heavy atom. The van der Waals surface area contributed by atoms with E-state index in [1.807, 2.05) is 0 Å². The lowest BCUT2D eigenvalue weighted by molar-refractivity contribution is -0.384. The summed E-state index contributed by atoms with van der Waals surface area (Å²) in [6.45, 7) is 1.84. The van der Waals surface area contributed by atoms with Gasteiger partial charge < -0.3 is 4.74 Å². The van der Waals surface area contributed by atoms with Crippen LogP contribution in [0.15, 0.2) is 18.2 Å². The van der Waals surface area contributed by atoms with Crippen LogP contribution in [-0.4, -0.2) is 32.9 Å². The number of esters is 1. The standard InChI is InChI=1S/C11H9ClN4O4/c1-2-20-11(17)10-9(13-15-14-10)6-3-4-7(12)8(5-6)16(18)19/h3-5H,2H2,1H3,(H,13,14,15). The first kappa shape index (κ1) is 13.9. The number of carbonyl (C=O) groups excluding carboxylic acids is 1. The normalized spacial score (nSPS) is 10.3. The Bertz CT molecular complexity index is 670. The van der Waals surface area contributed by atoms with E-state index >= 15 is 0 Å². The maximum Gasteiger partial charge on any atom is 0.361 e. The van der Waals surface area contributed by atoms with Crippen LogP contribution in [0.1, 0.15) is 17.4 Å². The van der Waals surface area contributed by atoms with E-state index in [0.717, 1.165) is 0 Å². The van der Waals surface area contributed by atoms with Gasteiger partial charge in [0.15, 0.2) is 5.69 Å². The van der Waals surface area contributed by atoms with Gasteiger partial charge in [0.25, 0.3) is 5.69 Å². The monoisotopic (exact) mass is 296 g/mol. The highest BCUT2D eigenvalue weighted by molar-refractivity contribution is 6.32. The Balaban J connectivity index is 2.48. The predicted molar refractivity (Wildman–Crippen MR) is 69.4 cm³/mol. The Kier molecular flexibility index (Phi) is 3.94. The topological polar surface area (TPSA) is 111 Å². The van der Waals surface area contributed by atoms with Gasteiger partial charge in [-0.05, 0) is 13.0 Å². The van der Waals surface area contributed by atoms with Crippen LogP contribution >= 0.6 is 11.6 Å². The molecule has 9 heteroatoms. The smallest absolute Gasteiger partial charge is 0.361 e. The van der Waals surface area contributed by atoms with Crippen LogP contribution in [0, 0.1) is 10.1 Å². The Labute approximate surface area is 117 Å². The first-order valence-electron chi connectivity index (χ1n) is 5.56. The molecule has 0 spiro atoms. The lowest BCUT2D eigenvalue weighted by Crippen LogP contribution is -2.06. The quantitative estimate of drug-likeness (QED) is 0.526. The first-order valence-corrected chi connectivity index (χ1v) is 5.94. The minimum Gasteiger partial charge on any atom is -0.461 e. The summed E-state index contributed by atoms with van der Waals surface area (Å²) in [4.78, 5) is 21.9. The average Bonchev–Trinajstić information content (AvgIpc) is 2.88. The fourth-order valence-corrected chi connectivity index (χ4v) is 1.76. The SMILES string of the molecule is CCOC(=O)c1n[nH]nc1-c1ccc(Cl)c([N+](=O)[O-])c1. The number of nitrogens with one attached hydrogen (secondary N) is 1. The zero-order valence-corrected chi connectivity index (χ0v) is 11.0. The van der Waals surface area contributed by atoms with E-state index in [9.17, 15) is 14.9 Å². The molecule has 0 unspecified atom stereocenters. The molecular weight excluding hydrogens is 288 g/mol. The zero-order chi connectivity index (χ0) is 14.7. The van der Waals surface area contributed by atoms with Gasteiger partial charge in [0.1, 0.15) is 10.7 Å². The fourth-order valence-electron chi connectivity index (χ4n) is 1.57. The molecule has 8 nitrogen and oxygen atoms in total. The number of carbonyl (C=O) groups is 1. The van der Waals surface area contributed by atoms with Gasteiger partial charge in [-0.1, -0.05) is 17.7 Å². The van der Waals surface area contributed by atoms with Gasteiger partial charge >= 0.3 is 5.97 Å². The average molecular weight is 297 g/mol. The predicted octanol–water partition coefficient (Wildman–Crippen LogP) is 2.21. The Morgan fingerprint density at radius 2 is 2.25 bits per heavy atom. The van der Waals surface area contributed by atoms with Crippen LogP contribution in [-0.2, 0) is 4.74 Å². The molecule has 0 aliphatic rings. The number of benzene rings is 1. The molecule has 104 valence electrons. The van der Waals surface area contributed by atoms with Crippen molar-refractivity contribution in [1.29, 1.82) is 0 Å². The zero-order valence-electron chi connectivity index (χ0n) is 10.3. The van der Waals surface area contributed by atoms with Crippen molar-refractivity contribution in [3.63, 3.8) is 0 Å². The number of nitro groups is 1. The number of nitro benzene ring substituents is 1. The third-order valence-corrected chi connectivity index (χ3v) is 2.75. The molecule has 1 heterocycles. The maximum absolute atomic E-state index is 11.7. The third kappa shape index (κ3) is 2.59. The van der Waals surface area contributed by atoms with Crippen molar-refractivity contribution in [3.05, 3.63) is 39.0 Å². The number of hydrogen-bond donors (Lipinski definition) is 1. The second-order valence-corrected chi connectivity index (χ2v) is 4.07. The molecule has 0 aliphatic carbocycles. The van der Waals surface area contributed by atoms with Gasteiger partial charge in [-0.2, -0.15) is 10.3 Å². The number of rotatable bonds is 4. The molecule has 0 fully saturated rings. The molecule has 2 aromatic rings. The highest BCUT2D eigenvalue weighted by atomic mass is 35.5. The number of nitrogens with zero attached hydrogens (tertiary/aromatic N) is 3. The fraction of sp³-hybridized carbons (Fsp3) is 0.182. The highest BCUT2D eigenvalue weighted by Gasteiger charge is 2.21. The molecular formula is C11H9ClN4O4.